The van der Waals surface area contributed by atoms with Gasteiger partial charge in [0.25, 0.3) is 0 Å². The van der Waals surface area contributed by atoms with Crippen LogP contribution in [0, 0.1) is 0 Å². The Labute approximate surface area is 106 Å². The van der Waals surface area contributed by atoms with Crippen molar-refractivity contribution in [3.05, 3.63) is 66.3 Å². The predicted octanol–water partition coefficient (Wildman–Crippen LogP) is 4.04. The van der Waals surface area contributed by atoms with E-state index in [9.17, 15) is 0 Å². The fraction of sp³-hybridized carbons (Fsp3) is 0. The molecular weight excluding hydrogens is 230 g/mol. The molecule has 0 spiro atoms. The van der Waals surface area contributed by atoms with E-state index in [1.165, 1.54) is 0 Å². The van der Waals surface area contributed by atoms with Crippen LogP contribution in [0.4, 0.5) is 0 Å². The van der Waals surface area contributed by atoms with Gasteiger partial charge in [0.2, 0.25) is 5.69 Å². The number of halogens is 1. The Balaban J connectivity index is 2.72. The minimum absolute atomic E-state index is 0.706. The Morgan fingerprint density at radius 1 is 1.06 bits per heavy atom. The second-order valence-corrected chi connectivity index (χ2v) is 3.99. The zero-order chi connectivity index (χ0) is 12.3. The van der Waals surface area contributed by atoms with Crippen molar-refractivity contribution in [2.24, 2.45) is 0 Å². The van der Waals surface area contributed by atoms with Gasteiger partial charge in [-0.2, -0.15) is 4.57 Å². The second-order valence-electron chi connectivity index (χ2n) is 3.58. The van der Waals surface area contributed by atoms with Crippen LogP contribution < -0.4 is 4.57 Å². The topological polar surface area (TPSA) is 3.88 Å². The fourth-order valence-corrected chi connectivity index (χ4v) is 2.06. The van der Waals surface area contributed by atoms with Gasteiger partial charge in [-0.1, -0.05) is 30.3 Å². The molecule has 0 fully saturated rings. The van der Waals surface area contributed by atoms with Gasteiger partial charge >= 0.3 is 0 Å². The molecular formula is C15H13ClN+. The fourth-order valence-electron chi connectivity index (χ4n) is 1.81. The van der Waals surface area contributed by atoms with Crippen molar-refractivity contribution < 1.29 is 4.57 Å². The van der Waals surface area contributed by atoms with E-state index in [4.69, 9.17) is 11.6 Å². The highest BCUT2D eigenvalue weighted by molar-refractivity contribution is 6.32. The van der Waals surface area contributed by atoms with Gasteiger partial charge in [0.1, 0.15) is 0 Å². The van der Waals surface area contributed by atoms with E-state index >= 15 is 0 Å². The van der Waals surface area contributed by atoms with Crippen LogP contribution in [0.2, 0.25) is 5.02 Å². The number of aromatic nitrogens is 1. The number of benzene rings is 1. The summed E-state index contributed by atoms with van der Waals surface area (Å²) in [5.74, 6) is 0. The lowest BCUT2D eigenvalue weighted by Gasteiger charge is -2.05. The highest BCUT2D eigenvalue weighted by atomic mass is 35.5. The van der Waals surface area contributed by atoms with Crippen LogP contribution in [0.15, 0.2) is 55.8 Å². The van der Waals surface area contributed by atoms with Crippen LogP contribution in [-0.4, -0.2) is 0 Å². The number of hydrogen-bond acceptors (Lipinski definition) is 0. The summed E-state index contributed by atoms with van der Waals surface area (Å²) >= 11 is 6.17. The predicted molar refractivity (Wildman–Crippen MR) is 73.6 cm³/mol. The number of nitrogens with zero attached hydrogens (tertiary/aromatic N) is 1. The van der Waals surface area contributed by atoms with Gasteiger partial charge in [-0.3, -0.25) is 0 Å². The van der Waals surface area contributed by atoms with Crippen molar-refractivity contribution in [3.8, 4) is 11.3 Å². The van der Waals surface area contributed by atoms with Crippen molar-refractivity contribution >= 4 is 23.9 Å². The van der Waals surface area contributed by atoms with Crippen molar-refractivity contribution in [1.29, 1.82) is 0 Å². The number of pyridine rings is 1. The monoisotopic (exact) mass is 242 g/mol. The third-order valence-electron chi connectivity index (χ3n) is 2.62. The van der Waals surface area contributed by atoms with Crippen molar-refractivity contribution in [2.75, 3.05) is 0 Å². The summed E-state index contributed by atoms with van der Waals surface area (Å²) in [5, 5.41) is 0.706. The zero-order valence-corrected chi connectivity index (χ0v) is 10.2. The van der Waals surface area contributed by atoms with Gasteiger partial charge in [-0.05, 0) is 24.8 Å². The highest BCUT2D eigenvalue weighted by Gasteiger charge is 2.14. The lowest BCUT2D eigenvalue weighted by Crippen LogP contribution is -2.27. The lowest BCUT2D eigenvalue weighted by atomic mass is 10.0. The minimum atomic E-state index is 0.706. The average Bonchev–Trinajstić information content (AvgIpc) is 2.38. The second kappa shape index (κ2) is 4.98. The Morgan fingerprint density at radius 3 is 2.59 bits per heavy atom. The molecule has 1 aromatic heterocycles. The molecule has 0 saturated carbocycles. The van der Waals surface area contributed by atoms with Gasteiger partial charge < -0.3 is 0 Å². The van der Waals surface area contributed by atoms with Crippen LogP contribution in [0.1, 0.15) is 5.56 Å². The molecule has 84 valence electrons. The van der Waals surface area contributed by atoms with Crippen molar-refractivity contribution in [2.45, 2.75) is 0 Å². The summed E-state index contributed by atoms with van der Waals surface area (Å²) in [7, 11) is 0. The molecule has 0 N–H and O–H groups in total. The third-order valence-corrected chi connectivity index (χ3v) is 2.95. The first-order valence-corrected chi connectivity index (χ1v) is 5.69. The Kier molecular flexibility index (Phi) is 3.40. The maximum atomic E-state index is 6.17. The lowest BCUT2D eigenvalue weighted by molar-refractivity contribution is -0.555. The first-order chi connectivity index (χ1) is 8.27. The Bertz CT molecular complexity index is 573. The number of rotatable bonds is 3. The van der Waals surface area contributed by atoms with Crippen molar-refractivity contribution in [1.82, 2.24) is 0 Å². The van der Waals surface area contributed by atoms with Crippen LogP contribution in [0.3, 0.4) is 0 Å². The third kappa shape index (κ3) is 2.15. The van der Waals surface area contributed by atoms with Crippen LogP contribution in [0.5, 0.6) is 0 Å². The zero-order valence-electron chi connectivity index (χ0n) is 9.44. The quantitative estimate of drug-likeness (QED) is 0.716. The summed E-state index contributed by atoms with van der Waals surface area (Å²) < 4.78 is 1.96. The van der Waals surface area contributed by atoms with Crippen LogP contribution in [0.25, 0.3) is 23.5 Å². The molecule has 2 heteroatoms. The molecule has 0 amide bonds. The summed E-state index contributed by atoms with van der Waals surface area (Å²) in [5.41, 5.74) is 3.03. The van der Waals surface area contributed by atoms with Crippen LogP contribution >= 0.6 is 11.6 Å². The van der Waals surface area contributed by atoms with E-state index in [0.29, 0.717) is 5.02 Å². The van der Waals surface area contributed by atoms with Crippen LogP contribution in [-0.2, 0) is 0 Å². The molecule has 1 nitrogen and oxygen atoms in total. The molecule has 0 bridgehead atoms. The molecule has 0 aliphatic heterocycles. The van der Waals surface area contributed by atoms with Gasteiger partial charge in [-0.25, -0.2) is 0 Å². The molecule has 1 aromatic carbocycles. The van der Waals surface area contributed by atoms with E-state index < -0.39 is 0 Å². The minimum Gasteiger partial charge on any atom is -0.167 e. The van der Waals surface area contributed by atoms with E-state index in [1.807, 2.05) is 47.2 Å². The number of hydrogen-bond donors (Lipinski definition) is 0. The molecule has 2 rings (SSSR count). The van der Waals surface area contributed by atoms with Gasteiger partial charge in [0.15, 0.2) is 12.4 Å². The highest BCUT2D eigenvalue weighted by Crippen LogP contribution is 2.27. The molecule has 0 aliphatic carbocycles. The van der Waals surface area contributed by atoms with Gasteiger partial charge in [-0.15, -0.1) is 0 Å². The van der Waals surface area contributed by atoms with Gasteiger partial charge in [0, 0.05) is 22.7 Å². The molecule has 0 radical (unpaired) electrons. The molecule has 0 aliphatic rings. The average molecular weight is 243 g/mol. The molecule has 1 heterocycles. The molecule has 0 unspecified atom stereocenters. The molecule has 0 saturated heterocycles. The SMILES string of the molecule is C=Cc1c(Cl)cccc1-c1cccc[n+]1C=C. The molecule has 2 aromatic rings. The normalized spacial score (nSPS) is 9.94. The maximum Gasteiger partial charge on any atom is 0.218 e. The standard InChI is InChI=1S/C15H13ClN/c1-3-12-13(8-7-9-14(12)16)15-10-5-6-11-17(15)4-2/h3-11H,1-2H2/q+1. The van der Waals surface area contributed by atoms with E-state index in [2.05, 4.69) is 13.2 Å². The van der Waals surface area contributed by atoms with E-state index in [0.717, 1.165) is 16.8 Å². The van der Waals surface area contributed by atoms with E-state index in [1.54, 1.807) is 12.3 Å². The Morgan fingerprint density at radius 2 is 1.88 bits per heavy atom. The smallest absolute Gasteiger partial charge is 0.167 e. The Hall–Kier alpha value is -1.86. The first kappa shape index (κ1) is 11.6. The molecule has 17 heavy (non-hydrogen) atoms. The maximum absolute atomic E-state index is 6.17. The first-order valence-electron chi connectivity index (χ1n) is 5.32. The van der Waals surface area contributed by atoms with Crippen molar-refractivity contribution in [3.63, 3.8) is 0 Å². The summed E-state index contributed by atoms with van der Waals surface area (Å²) in [4.78, 5) is 0. The summed E-state index contributed by atoms with van der Waals surface area (Å²) in [6.45, 7) is 7.61. The van der Waals surface area contributed by atoms with E-state index in [-0.39, 0.29) is 0 Å². The molecule has 0 atom stereocenters. The van der Waals surface area contributed by atoms with Gasteiger partial charge in [0.05, 0.1) is 5.56 Å². The summed E-state index contributed by atoms with van der Waals surface area (Å²) in [6, 6.07) is 11.8. The largest absolute Gasteiger partial charge is 0.218 e. The summed E-state index contributed by atoms with van der Waals surface area (Å²) in [6.07, 6.45) is 5.50.